The standard InChI is InChI=1S/C11H20O5/c1-11(2,16-4)7-8(5-9(12)13)6-10(14)15-3/h8H,5-7H2,1-4H3,(H,12,13). The number of carboxylic acids is 1. The van der Waals surface area contributed by atoms with Crippen LogP contribution < -0.4 is 0 Å². The summed E-state index contributed by atoms with van der Waals surface area (Å²) in [5.41, 5.74) is -0.436. The number of esters is 1. The van der Waals surface area contributed by atoms with Crippen molar-refractivity contribution in [2.45, 2.75) is 38.7 Å². The number of carboxylic acid groups (broad SMARTS) is 1. The van der Waals surface area contributed by atoms with E-state index in [1.54, 1.807) is 7.11 Å². The third-order valence-corrected chi connectivity index (χ3v) is 2.48. The number of ether oxygens (including phenoxy) is 2. The van der Waals surface area contributed by atoms with Crippen molar-refractivity contribution in [1.29, 1.82) is 0 Å². The fraction of sp³-hybridized carbons (Fsp3) is 0.818. The molecule has 0 bridgehead atoms. The Bertz CT molecular complexity index is 247. The second kappa shape index (κ2) is 6.48. The van der Waals surface area contributed by atoms with Gasteiger partial charge >= 0.3 is 11.9 Å². The molecule has 0 rings (SSSR count). The Morgan fingerprint density at radius 3 is 2.19 bits per heavy atom. The lowest BCUT2D eigenvalue weighted by atomic mass is 9.88. The Kier molecular flexibility index (Phi) is 6.03. The summed E-state index contributed by atoms with van der Waals surface area (Å²) in [5.74, 6) is -1.57. The molecule has 0 aliphatic heterocycles. The van der Waals surface area contributed by atoms with Gasteiger partial charge in [-0.2, -0.15) is 0 Å². The molecule has 0 aromatic carbocycles. The van der Waals surface area contributed by atoms with Crippen molar-refractivity contribution in [3.63, 3.8) is 0 Å². The maximum atomic E-state index is 11.1. The number of carbonyl (C=O) groups is 2. The number of rotatable bonds is 7. The van der Waals surface area contributed by atoms with Gasteiger partial charge in [-0.1, -0.05) is 0 Å². The summed E-state index contributed by atoms with van der Waals surface area (Å²) in [4.78, 5) is 21.8. The van der Waals surface area contributed by atoms with Gasteiger partial charge in [0, 0.05) is 20.0 Å². The SMILES string of the molecule is COC(=O)CC(CC(=O)O)CC(C)(C)OC. The second-order valence-electron chi connectivity index (χ2n) is 4.41. The molecular weight excluding hydrogens is 212 g/mol. The van der Waals surface area contributed by atoms with Crippen LogP contribution in [0.4, 0.5) is 0 Å². The van der Waals surface area contributed by atoms with Gasteiger partial charge in [-0.05, 0) is 26.2 Å². The van der Waals surface area contributed by atoms with Crippen LogP contribution in [-0.2, 0) is 19.1 Å². The quantitative estimate of drug-likeness (QED) is 0.673. The van der Waals surface area contributed by atoms with Crippen LogP contribution in [-0.4, -0.2) is 36.9 Å². The first-order valence-corrected chi connectivity index (χ1v) is 5.14. The molecule has 0 aromatic heterocycles. The topological polar surface area (TPSA) is 72.8 Å². The van der Waals surface area contributed by atoms with Crippen LogP contribution in [0.1, 0.15) is 33.1 Å². The summed E-state index contributed by atoms with van der Waals surface area (Å²) in [6.45, 7) is 3.72. The van der Waals surface area contributed by atoms with Crippen LogP contribution in [0.25, 0.3) is 0 Å². The van der Waals surface area contributed by atoms with E-state index in [1.165, 1.54) is 7.11 Å². The molecule has 1 unspecified atom stereocenters. The fourth-order valence-corrected chi connectivity index (χ4v) is 1.56. The van der Waals surface area contributed by atoms with E-state index < -0.39 is 17.5 Å². The average molecular weight is 232 g/mol. The predicted octanol–water partition coefficient (Wildman–Crippen LogP) is 1.46. The summed E-state index contributed by atoms with van der Waals surface area (Å²) in [6.07, 6.45) is 0.558. The first-order valence-electron chi connectivity index (χ1n) is 5.14. The molecule has 16 heavy (non-hydrogen) atoms. The molecule has 5 heteroatoms. The van der Waals surface area contributed by atoms with Gasteiger partial charge in [0.25, 0.3) is 0 Å². The van der Waals surface area contributed by atoms with Crippen LogP contribution in [0.5, 0.6) is 0 Å². The smallest absolute Gasteiger partial charge is 0.305 e. The van der Waals surface area contributed by atoms with E-state index >= 15 is 0 Å². The van der Waals surface area contributed by atoms with E-state index in [-0.39, 0.29) is 18.8 Å². The van der Waals surface area contributed by atoms with Gasteiger partial charge in [-0.25, -0.2) is 0 Å². The number of hydrogen-bond acceptors (Lipinski definition) is 4. The highest BCUT2D eigenvalue weighted by atomic mass is 16.5. The zero-order valence-corrected chi connectivity index (χ0v) is 10.3. The van der Waals surface area contributed by atoms with Crippen LogP contribution >= 0.6 is 0 Å². The molecule has 0 heterocycles. The normalized spacial score (nSPS) is 13.2. The van der Waals surface area contributed by atoms with Gasteiger partial charge < -0.3 is 14.6 Å². The highest BCUT2D eigenvalue weighted by Gasteiger charge is 2.26. The number of carbonyl (C=O) groups excluding carboxylic acids is 1. The van der Waals surface area contributed by atoms with E-state index in [9.17, 15) is 9.59 Å². The fourth-order valence-electron chi connectivity index (χ4n) is 1.56. The first kappa shape index (κ1) is 14.9. The van der Waals surface area contributed by atoms with Gasteiger partial charge in [-0.3, -0.25) is 9.59 Å². The van der Waals surface area contributed by atoms with E-state index in [2.05, 4.69) is 4.74 Å². The van der Waals surface area contributed by atoms with Crippen LogP contribution in [0.3, 0.4) is 0 Å². The van der Waals surface area contributed by atoms with Gasteiger partial charge in [0.15, 0.2) is 0 Å². The predicted molar refractivity (Wildman–Crippen MR) is 58.1 cm³/mol. The molecule has 0 aliphatic carbocycles. The van der Waals surface area contributed by atoms with Gasteiger partial charge in [0.2, 0.25) is 0 Å². The van der Waals surface area contributed by atoms with E-state index in [0.29, 0.717) is 6.42 Å². The third-order valence-electron chi connectivity index (χ3n) is 2.48. The summed E-state index contributed by atoms with van der Waals surface area (Å²) in [6, 6.07) is 0. The summed E-state index contributed by atoms with van der Waals surface area (Å²) < 4.78 is 9.76. The molecule has 5 nitrogen and oxygen atoms in total. The summed E-state index contributed by atoms with van der Waals surface area (Å²) in [5, 5.41) is 8.75. The lowest BCUT2D eigenvalue weighted by Gasteiger charge is -2.27. The van der Waals surface area contributed by atoms with E-state index in [0.717, 1.165) is 0 Å². The Morgan fingerprint density at radius 1 is 1.25 bits per heavy atom. The van der Waals surface area contributed by atoms with Crippen LogP contribution in [0.2, 0.25) is 0 Å². The zero-order valence-electron chi connectivity index (χ0n) is 10.3. The van der Waals surface area contributed by atoms with Gasteiger partial charge in [-0.15, -0.1) is 0 Å². The molecule has 0 saturated heterocycles. The molecule has 0 saturated carbocycles. The monoisotopic (exact) mass is 232 g/mol. The van der Waals surface area contributed by atoms with Crippen molar-refractivity contribution in [2.75, 3.05) is 14.2 Å². The van der Waals surface area contributed by atoms with Gasteiger partial charge in [0.05, 0.1) is 12.7 Å². The minimum absolute atomic E-state index is 0.0537. The van der Waals surface area contributed by atoms with Crippen molar-refractivity contribution in [1.82, 2.24) is 0 Å². The molecule has 1 N–H and O–H groups in total. The molecule has 0 fully saturated rings. The lowest BCUT2D eigenvalue weighted by Crippen LogP contribution is -2.28. The Morgan fingerprint density at radius 2 is 1.81 bits per heavy atom. The van der Waals surface area contributed by atoms with Crippen molar-refractivity contribution in [3.05, 3.63) is 0 Å². The number of methoxy groups -OCH3 is 2. The molecule has 94 valence electrons. The Hall–Kier alpha value is -1.10. The van der Waals surface area contributed by atoms with Crippen LogP contribution in [0.15, 0.2) is 0 Å². The lowest BCUT2D eigenvalue weighted by molar-refractivity contribution is -0.143. The zero-order chi connectivity index (χ0) is 12.8. The highest BCUT2D eigenvalue weighted by molar-refractivity contribution is 5.72. The summed E-state index contributed by atoms with van der Waals surface area (Å²) >= 11 is 0. The maximum absolute atomic E-state index is 11.1. The molecule has 0 aromatic rings. The number of hydrogen-bond donors (Lipinski definition) is 1. The Balaban J connectivity index is 4.42. The minimum Gasteiger partial charge on any atom is -0.481 e. The number of aliphatic carboxylic acids is 1. The van der Waals surface area contributed by atoms with Crippen LogP contribution in [0, 0.1) is 5.92 Å². The van der Waals surface area contributed by atoms with Crippen molar-refractivity contribution >= 4 is 11.9 Å². The third kappa shape index (κ3) is 6.40. The minimum atomic E-state index is -0.916. The largest absolute Gasteiger partial charge is 0.481 e. The van der Waals surface area contributed by atoms with Crippen molar-refractivity contribution in [2.24, 2.45) is 5.92 Å². The second-order valence-corrected chi connectivity index (χ2v) is 4.41. The maximum Gasteiger partial charge on any atom is 0.305 e. The average Bonchev–Trinajstić information content (AvgIpc) is 2.15. The molecule has 0 aliphatic rings. The molecule has 0 amide bonds. The molecule has 0 radical (unpaired) electrons. The van der Waals surface area contributed by atoms with Gasteiger partial charge in [0.1, 0.15) is 0 Å². The summed E-state index contributed by atoms with van der Waals surface area (Å²) in [7, 11) is 2.86. The molecule has 1 atom stereocenters. The molecular formula is C11H20O5. The van der Waals surface area contributed by atoms with E-state index in [1.807, 2.05) is 13.8 Å². The highest BCUT2D eigenvalue weighted by Crippen LogP contribution is 2.25. The van der Waals surface area contributed by atoms with Crippen molar-refractivity contribution in [3.8, 4) is 0 Å². The molecule has 0 spiro atoms. The first-order chi connectivity index (χ1) is 7.30. The van der Waals surface area contributed by atoms with Crippen molar-refractivity contribution < 1.29 is 24.2 Å². The van der Waals surface area contributed by atoms with E-state index in [4.69, 9.17) is 9.84 Å². The Labute approximate surface area is 95.7 Å².